The van der Waals surface area contributed by atoms with Gasteiger partial charge in [-0.1, -0.05) is 78.9 Å². The summed E-state index contributed by atoms with van der Waals surface area (Å²) in [6, 6.07) is 26.8. The Bertz CT molecular complexity index is 838. The van der Waals surface area contributed by atoms with Crippen molar-refractivity contribution in [1.82, 2.24) is 5.32 Å². The SMILES string of the molecule is CNC1(C=Cc2ccccc2)c2ccccc2Oc2ccccc21. The summed E-state index contributed by atoms with van der Waals surface area (Å²) in [7, 11) is 1.99. The summed E-state index contributed by atoms with van der Waals surface area (Å²) < 4.78 is 6.11. The van der Waals surface area contributed by atoms with E-state index in [0.717, 1.165) is 22.6 Å². The van der Waals surface area contributed by atoms with Crippen LogP contribution in [0.15, 0.2) is 84.9 Å². The number of benzene rings is 3. The van der Waals surface area contributed by atoms with Crippen LogP contribution in [-0.2, 0) is 5.54 Å². The van der Waals surface area contributed by atoms with Crippen LogP contribution in [-0.4, -0.2) is 7.05 Å². The Morgan fingerprint density at radius 3 is 1.88 bits per heavy atom. The Hall–Kier alpha value is -2.84. The van der Waals surface area contributed by atoms with E-state index in [1.54, 1.807) is 0 Å². The molecule has 1 heterocycles. The first-order valence-electron chi connectivity index (χ1n) is 8.13. The van der Waals surface area contributed by atoms with Gasteiger partial charge in [0, 0.05) is 11.1 Å². The van der Waals surface area contributed by atoms with Crippen LogP contribution in [0.4, 0.5) is 0 Å². The first-order chi connectivity index (χ1) is 11.8. The molecule has 1 aliphatic rings. The number of ether oxygens (including phenoxy) is 1. The molecule has 2 heteroatoms. The number of rotatable bonds is 3. The van der Waals surface area contributed by atoms with E-state index in [9.17, 15) is 0 Å². The van der Waals surface area contributed by atoms with E-state index in [-0.39, 0.29) is 0 Å². The summed E-state index contributed by atoms with van der Waals surface area (Å²) in [6.45, 7) is 0. The number of hydrogen-bond donors (Lipinski definition) is 1. The van der Waals surface area contributed by atoms with Crippen molar-refractivity contribution in [3.05, 3.63) is 102 Å². The molecule has 0 radical (unpaired) electrons. The Balaban J connectivity index is 1.92. The van der Waals surface area contributed by atoms with E-state index < -0.39 is 5.54 Å². The topological polar surface area (TPSA) is 21.3 Å². The lowest BCUT2D eigenvalue weighted by molar-refractivity contribution is 0.401. The molecular weight excluding hydrogens is 294 g/mol. The third kappa shape index (κ3) is 2.32. The molecule has 0 saturated heterocycles. The van der Waals surface area contributed by atoms with Crippen LogP contribution in [0.3, 0.4) is 0 Å². The first kappa shape index (κ1) is 14.7. The Morgan fingerprint density at radius 1 is 0.750 bits per heavy atom. The molecule has 1 aliphatic heterocycles. The Morgan fingerprint density at radius 2 is 1.29 bits per heavy atom. The van der Waals surface area contributed by atoms with Gasteiger partial charge in [-0.15, -0.1) is 0 Å². The van der Waals surface area contributed by atoms with Crippen LogP contribution >= 0.6 is 0 Å². The van der Waals surface area contributed by atoms with Crippen molar-refractivity contribution in [2.45, 2.75) is 5.54 Å². The van der Waals surface area contributed by atoms with Gasteiger partial charge in [-0.25, -0.2) is 0 Å². The molecule has 0 atom stereocenters. The van der Waals surface area contributed by atoms with Gasteiger partial charge >= 0.3 is 0 Å². The summed E-state index contributed by atoms with van der Waals surface area (Å²) in [6.07, 6.45) is 4.39. The number of fused-ring (bicyclic) bond motifs is 2. The second-order valence-electron chi connectivity index (χ2n) is 5.90. The summed E-state index contributed by atoms with van der Waals surface area (Å²) in [5.41, 5.74) is 3.01. The number of nitrogens with one attached hydrogen (secondary N) is 1. The molecule has 24 heavy (non-hydrogen) atoms. The second kappa shape index (κ2) is 5.99. The van der Waals surface area contributed by atoms with Gasteiger partial charge < -0.3 is 10.1 Å². The van der Waals surface area contributed by atoms with Gasteiger partial charge in [-0.2, -0.15) is 0 Å². The highest BCUT2D eigenvalue weighted by Crippen LogP contribution is 2.47. The standard InChI is InChI=1S/C22H19NO/c1-23-22(16-15-17-9-3-2-4-10-17)18-11-5-7-13-20(18)24-21-14-8-6-12-19(21)22/h2-16,23H,1H3. The second-order valence-corrected chi connectivity index (χ2v) is 5.90. The van der Waals surface area contributed by atoms with E-state index in [0.29, 0.717) is 0 Å². The summed E-state index contributed by atoms with van der Waals surface area (Å²) >= 11 is 0. The molecule has 3 aromatic rings. The molecule has 2 nitrogen and oxygen atoms in total. The third-order valence-electron chi connectivity index (χ3n) is 4.56. The quantitative estimate of drug-likeness (QED) is 0.737. The highest BCUT2D eigenvalue weighted by atomic mass is 16.5. The van der Waals surface area contributed by atoms with Crippen molar-refractivity contribution in [3.63, 3.8) is 0 Å². The fraction of sp³-hybridized carbons (Fsp3) is 0.0909. The van der Waals surface area contributed by atoms with Gasteiger partial charge in [0.15, 0.2) is 0 Å². The maximum Gasteiger partial charge on any atom is 0.133 e. The molecule has 1 N–H and O–H groups in total. The van der Waals surface area contributed by atoms with Crippen LogP contribution < -0.4 is 10.1 Å². The zero-order valence-electron chi connectivity index (χ0n) is 13.6. The molecule has 0 spiro atoms. The maximum atomic E-state index is 6.11. The van der Waals surface area contributed by atoms with Gasteiger partial charge in [0.25, 0.3) is 0 Å². The van der Waals surface area contributed by atoms with Crippen molar-refractivity contribution in [2.75, 3.05) is 7.05 Å². The lowest BCUT2D eigenvalue weighted by atomic mass is 9.79. The predicted molar refractivity (Wildman–Crippen MR) is 98.3 cm³/mol. The van der Waals surface area contributed by atoms with Crippen molar-refractivity contribution in [3.8, 4) is 11.5 Å². The minimum Gasteiger partial charge on any atom is -0.457 e. The normalized spacial score (nSPS) is 14.7. The fourth-order valence-electron chi connectivity index (χ4n) is 3.34. The smallest absolute Gasteiger partial charge is 0.133 e. The van der Waals surface area contributed by atoms with Crippen molar-refractivity contribution in [1.29, 1.82) is 0 Å². The molecule has 0 amide bonds. The first-order valence-corrected chi connectivity index (χ1v) is 8.13. The molecule has 4 rings (SSSR count). The van der Waals surface area contributed by atoms with E-state index in [2.05, 4.69) is 66.0 Å². The van der Waals surface area contributed by atoms with Crippen LogP contribution in [0.25, 0.3) is 6.08 Å². The van der Waals surface area contributed by atoms with E-state index in [4.69, 9.17) is 4.74 Å². The summed E-state index contributed by atoms with van der Waals surface area (Å²) in [4.78, 5) is 0. The van der Waals surface area contributed by atoms with Crippen LogP contribution in [0.2, 0.25) is 0 Å². The van der Waals surface area contributed by atoms with Crippen molar-refractivity contribution >= 4 is 6.08 Å². The van der Waals surface area contributed by atoms with Gasteiger partial charge in [0.1, 0.15) is 11.5 Å². The molecule has 0 saturated carbocycles. The summed E-state index contributed by atoms with van der Waals surface area (Å²) in [5.74, 6) is 1.78. The molecule has 118 valence electrons. The molecule has 0 bridgehead atoms. The molecule has 0 aromatic heterocycles. The number of likely N-dealkylation sites (N-methyl/N-ethyl adjacent to an activating group) is 1. The van der Waals surface area contributed by atoms with Crippen LogP contribution in [0, 0.1) is 0 Å². The minimum atomic E-state index is -0.415. The van der Waals surface area contributed by atoms with E-state index in [1.807, 2.05) is 37.4 Å². The van der Waals surface area contributed by atoms with Gasteiger partial charge in [0.2, 0.25) is 0 Å². The Kier molecular flexibility index (Phi) is 3.68. The molecule has 0 unspecified atom stereocenters. The van der Waals surface area contributed by atoms with Gasteiger partial charge in [-0.3, -0.25) is 0 Å². The lowest BCUT2D eigenvalue weighted by Crippen LogP contribution is -2.41. The monoisotopic (exact) mass is 313 g/mol. The van der Waals surface area contributed by atoms with Crippen molar-refractivity contribution < 1.29 is 4.74 Å². The number of para-hydroxylation sites is 2. The van der Waals surface area contributed by atoms with Gasteiger partial charge in [-0.05, 0) is 24.7 Å². The molecule has 3 aromatic carbocycles. The van der Waals surface area contributed by atoms with E-state index in [1.165, 1.54) is 5.56 Å². The highest BCUT2D eigenvalue weighted by Gasteiger charge is 2.38. The fourth-order valence-corrected chi connectivity index (χ4v) is 3.34. The molecular formula is C22H19NO. The predicted octanol–water partition coefficient (Wildman–Crippen LogP) is 4.97. The largest absolute Gasteiger partial charge is 0.457 e. The molecule has 0 aliphatic carbocycles. The zero-order chi connectivity index (χ0) is 16.4. The maximum absolute atomic E-state index is 6.11. The Labute approximate surface area is 142 Å². The van der Waals surface area contributed by atoms with Crippen LogP contribution in [0.5, 0.6) is 11.5 Å². The average molecular weight is 313 g/mol. The minimum absolute atomic E-state index is 0.415. The average Bonchev–Trinajstić information content (AvgIpc) is 2.66. The zero-order valence-corrected chi connectivity index (χ0v) is 13.6. The highest BCUT2D eigenvalue weighted by molar-refractivity contribution is 5.63. The third-order valence-corrected chi connectivity index (χ3v) is 4.56. The van der Waals surface area contributed by atoms with Crippen LogP contribution in [0.1, 0.15) is 16.7 Å². The summed E-state index contributed by atoms with van der Waals surface area (Å²) in [5, 5.41) is 3.53. The van der Waals surface area contributed by atoms with E-state index >= 15 is 0 Å². The number of hydrogen-bond acceptors (Lipinski definition) is 2. The van der Waals surface area contributed by atoms with Gasteiger partial charge in [0.05, 0.1) is 5.54 Å². The lowest BCUT2D eigenvalue weighted by Gasteiger charge is -2.38. The molecule has 0 fully saturated rings. The van der Waals surface area contributed by atoms with Crippen molar-refractivity contribution in [2.24, 2.45) is 0 Å².